The van der Waals surface area contributed by atoms with Gasteiger partial charge in [0.2, 0.25) is 11.3 Å². The van der Waals surface area contributed by atoms with Gasteiger partial charge in [-0.05, 0) is 57.0 Å². The van der Waals surface area contributed by atoms with Gasteiger partial charge < -0.3 is 14.6 Å². The Hall–Kier alpha value is -3.13. The molecule has 0 bridgehead atoms. The van der Waals surface area contributed by atoms with E-state index >= 15 is 0 Å². The summed E-state index contributed by atoms with van der Waals surface area (Å²) in [7, 11) is 1.44. The lowest BCUT2D eigenvalue weighted by Gasteiger charge is -2.15. The first-order chi connectivity index (χ1) is 14.7. The molecule has 0 spiro atoms. The second-order valence-corrected chi connectivity index (χ2v) is 8.41. The van der Waals surface area contributed by atoms with Gasteiger partial charge in [-0.15, -0.1) is 0 Å². The van der Waals surface area contributed by atoms with Crippen LogP contribution in [0.1, 0.15) is 28.2 Å². The summed E-state index contributed by atoms with van der Waals surface area (Å²) >= 11 is 1.42. The smallest absolute Gasteiger partial charge is 0.244 e. The Labute approximate surface area is 185 Å². The zero-order valence-corrected chi connectivity index (χ0v) is 19.2. The van der Waals surface area contributed by atoms with Crippen molar-refractivity contribution in [2.75, 3.05) is 12.4 Å². The Morgan fingerprint density at radius 1 is 1.03 bits per heavy atom. The van der Waals surface area contributed by atoms with E-state index in [9.17, 15) is 9.59 Å². The summed E-state index contributed by atoms with van der Waals surface area (Å²) in [5.41, 5.74) is 5.12. The predicted molar refractivity (Wildman–Crippen MR) is 123 cm³/mol. The number of carbonyl (C=O) groups excluding carboxylic acids is 1. The Balaban J connectivity index is 1.82. The first kappa shape index (κ1) is 22.6. The number of pyridine rings is 1. The lowest BCUT2D eigenvalue weighted by molar-refractivity contribution is -0.116. The van der Waals surface area contributed by atoms with Gasteiger partial charge >= 0.3 is 0 Å². The van der Waals surface area contributed by atoms with Crippen LogP contribution in [0.4, 0.5) is 5.69 Å². The summed E-state index contributed by atoms with van der Waals surface area (Å²) in [6.45, 7) is 7.85. The predicted octanol–water partition coefficient (Wildman–Crippen LogP) is 3.81. The second-order valence-electron chi connectivity index (χ2n) is 7.47. The van der Waals surface area contributed by atoms with E-state index < -0.39 is 0 Å². The third kappa shape index (κ3) is 6.18. The number of amides is 1. The van der Waals surface area contributed by atoms with Gasteiger partial charge in [-0.3, -0.25) is 9.59 Å². The van der Waals surface area contributed by atoms with Crippen molar-refractivity contribution in [3.8, 4) is 5.75 Å². The van der Waals surface area contributed by atoms with Crippen LogP contribution in [0.5, 0.6) is 5.75 Å². The molecule has 0 saturated heterocycles. The largest absolute Gasteiger partial charge is 0.491 e. The number of hydrogen-bond acceptors (Lipinski definition) is 6. The van der Waals surface area contributed by atoms with Gasteiger partial charge in [0.25, 0.3) is 0 Å². The highest BCUT2D eigenvalue weighted by Crippen LogP contribution is 2.21. The molecule has 0 unspecified atom stereocenters. The van der Waals surface area contributed by atoms with E-state index in [0.29, 0.717) is 16.6 Å². The molecule has 2 aromatic heterocycles. The average molecular weight is 439 g/mol. The number of benzene rings is 1. The van der Waals surface area contributed by atoms with E-state index in [-0.39, 0.29) is 23.6 Å². The van der Waals surface area contributed by atoms with Gasteiger partial charge in [0.05, 0.1) is 13.3 Å². The number of aryl methyl sites for hydroxylation is 4. The second kappa shape index (κ2) is 9.78. The molecule has 0 aliphatic rings. The summed E-state index contributed by atoms with van der Waals surface area (Å²) in [5.74, 6) is 0.444. The molecule has 0 fully saturated rings. The zero-order chi connectivity index (χ0) is 22.5. The molecule has 1 N–H and O–H groups in total. The van der Waals surface area contributed by atoms with Crippen LogP contribution in [-0.4, -0.2) is 27.6 Å². The fourth-order valence-corrected chi connectivity index (χ4v) is 4.26. The van der Waals surface area contributed by atoms with Gasteiger partial charge in [-0.1, -0.05) is 17.8 Å². The molecular formula is C23H26N4O3S. The molecular weight excluding hydrogens is 412 g/mol. The maximum atomic E-state index is 12.7. The Kier molecular flexibility index (Phi) is 7.12. The molecule has 3 aromatic rings. The van der Waals surface area contributed by atoms with Gasteiger partial charge in [0.1, 0.15) is 6.54 Å². The van der Waals surface area contributed by atoms with Crippen molar-refractivity contribution in [2.45, 2.75) is 45.1 Å². The van der Waals surface area contributed by atoms with Crippen molar-refractivity contribution in [3.63, 3.8) is 0 Å². The summed E-state index contributed by atoms with van der Waals surface area (Å²) in [5, 5.41) is 3.56. The minimum Gasteiger partial charge on any atom is -0.491 e. The van der Waals surface area contributed by atoms with Crippen molar-refractivity contribution in [1.82, 2.24) is 14.5 Å². The van der Waals surface area contributed by atoms with E-state index in [1.807, 2.05) is 52.0 Å². The Morgan fingerprint density at radius 3 is 2.29 bits per heavy atom. The van der Waals surface area contributed by atoms with Crippen LogP contribution < -0.4 is 15.5 Å². The molecule has 162 valence electrons. The van der Waals surface area contributed by atoms with Crippen LogP contribution >= 0.6 is 11.8 Å². The molecule has 0 saturated carbocycles. The lowest BCUT2D eigenvalue weighted by atomic mass is 10.1. The minimum atomic E-state index is -0.231. The number of hydrogen-bond donors (Lipinski definition) is 1. The number of ether oxygens (including phenoxy) is 1. The molecule has 3 rings (SSSR count). The molecule has 7 nitrogen and oxygen atoms in total. The number of aromatic nitrogens is 3. The fourth-order valence-electron chi connectivity index (χ4n) is 3.32. The highest BCUT2D eigenvalue weighted by atomic mass is 32.2. The van der Waals surface area contributed by atoms with Crippen LogP contribution in [0, 0.1) is 27.7 Å². The minimum absolute atomic E-state index is 0.0488. The average Bonchev–Trinajstić information content (AvgIpc) is 2.66. The van der Waals surface area contributed by atoms with Gasteiger partial charge in [-0.25, -0.2) is 9.97 Å². The quantitative estimate of drug-likeness (QED) is 0.446. The monoisotopic (exact) mass is 438 g/mol. The highest BCUT2D eigenvalue weighted by molar-refractivity contribution is 7.98. The van der Waals surface area contributed by atoms with Gasteiger partial charge in [0, 0.05) is 34.6 Å². The van der Waals surface area contributed by atoms with Crippen molar-refractivity contribution >= 4 is 23.4 Å². The standard InChI is InChI=1S/C23H26N4O3S/c1-14-6-15(2)8-18(7-14)26-22(29)12-27-11-21(30-5)20(28)10-19(27)13-31-23-24-16(3)9-17(4)25-23/h6-11H,12-13H2,1-5H3,(H,26,29). The van der Waals surface area contributed by atoms with E-state index in [0.717, 1.165) is 28.2 Å². The number of thioether (sulfide) groups is 1. The van der Waals surface area contributed by atoms with E-state index in [4.69, 9.17) is 4.74 Å². The SMILES string of the molecule is COc1cn(CC(=O)Nc2cc(C)cc(C)c2)c(CSc2nc(C)cc(C)n2)cc1=O. The number of nitrogens with one attached hydrogen (secondary N) is 1. The first-order valence-corrected chi connectivity index (χ1v) is 10.8. The number of nitrogens with zero attached hydrogens (tertiary/aromatic N) is 3. The molecule has 8 heteroatoms. The van der Waals surface area contributed by atoms with Crippen LogP contribution in [0.15, 0.2) is 46.5 Å². The molecule has 1 aromatic carbocycles. The molecule has 2 heterocycles. The van der Waals surface area contributed by atoms with Gasteiger partial charge in [-0.2, -0.15) is 0 Å². The number of anilines is 1. The van der Waals surface area contributed by atoms with E-state index in [1.165, 1.54) is 24.9 Å². The maximum Gasteiger partial charge on any atom is 0.244 e. The molecule has 31 heavy (non-hydrogen) atoms. The summed E-state index contributed by atoms with van der Waals surface area (Å²) in [6, 6.07) is 9.30. The fraction of sp³-hybridized carbons (Fsp3) is 0.304. The van der Waals surface area contributed by atoms with Crippen LogP contribution in [0.2, 0.25) is 0 Å². The van der Waals surface area contributed by atoms with E-state index in [2.05, 4.69) is 15.3 Å². The molecule has 0 atom stereocenters. The van der Waals surface area contributed by atoms with Crippen molar-refractivity contribution in [1.29, 1.82) is 0 Å². The van der Waals surface area contributed by atoms with Crippen LogP contribution in [-0.2, 0) is 17.1 Å². The molecule has 1 amide bonds. The Bertz CT molecular complexity index is 1130. The topological polar surface area (TPSA) is 86.1 Å². The van der Waals surface area contributed by atoms with Crippen molar-refractivity contribution < 1.29 is 9.53 Å². The number of rotatable bonds is 7. The van der Waals surface area contributed by atoms with Crippen LogP contribution in [0.3, 0.4) is 0 Å². The number of carbonyl (C=O) groups is 1. The highest BCUT2D eigenvalue weighted by Gasteiger charge is 2.13. The van der Waals surface area contributed by atoms with Crippen molar-refractivity contribution in [3.05, 3.63) is 75.0 Å². The normalized spacial score (nSPS) is 10.7. The van der Waals surface area contributed by atoms with Gasteiger partial charge in [0.15, 0.2) is 10.9 Å². The summed E-state index contributed by atoms with van der Waals surface area (Å²) < 4.78 is 6.90. The molecule has 0 aliphatic carbocycles. The lowest BCUT2D eigenvalue weighted by Crippen LogP contribution is -2.23. The first-order valence-electron chi connectivity index (χ1n) is 9.84. The third-order valence-corrected chi connectivity index (χ3v) is 5.41. The zero-order valence-electron chi connectivity index (χ0n) is 18.4. The maximum absolute atomic E-state index is 12.7. The van der Waals surface area contributed by atoms with Crippen LogP contribution in [0.25, 0.3) is 0 Å². The third-order valence-electron chi connectivity index (χ3n) is 4.53. The number of methoxy groups -OCH3 is 1. The summed E-state index contributed by atoms with van der Waals surface area (Å²) in [4.78, 5) is 33.9. The van der Waals surface area contributed by atoms with E-state index in [1.54, 1.807) is 10.8 Å². The van der Waals surface area contributed by atoms with Crippen molar-refractivity contribution in [2.24, 2.45) is 0 Å². The summed E-state index contributed by atoms with van der Waals surface area (Å²) in [6.07, 6.45) is 1.57. The molecule has 0 radical (unpaired) electrons. The Morgan fingerprint density at radius 2 is 1.68 bits per heavy atom. The molecule has 0 aliphatic heterocycles.